The fourth-order valence-electron chi connectivity index (χ4n) is 0.862. The zero-order chi connectivity index (χ0) is 10.2. The summed E-state index contributed by atoms with van der Waals surface area (Å²) in [6.07, 6.45) is 1.08. The Morgan fingerprint density at radius 1 is 1.43 bits per heavy atom. The molecule has 0 saturated heterocycles. The van der Waals surface area contributed by atoms with Crippen molar-refractivity contribution in [1.29, 1.82) is 0 Å². The van der Waals surface area contributed by atoms with Gasteiger partial charge in [0.25, 0.3) is 0 Å². The van der Waals surface area contributed by atoms with Crippen molar-refractivity contribution in [2.75, 3.05) is 0 Å². The Balaban J connectivity index is 2.16. The molecule has 0 aliphatic heterocycles. The van der Waals surface area contributed by atoms with Gasteiger partial charge in [0.1, 0.15) is 0 Å². The highest BCUT2D eigenvalue weighted by molar-refractivity contribution is 5.80. The smallest absolute Gasteiger partial charge is 0.350 e. The second kappa shape index (κ2) is 5.90. The van der Waals surface area contributed by atoms with Crippen molar-refractivity contribution in [2.45, 2.75) is 6.54 Å². The number of hydrazine groups is 1. The third-order valence-corrected chi connectivity index (χ3v) is 1.53. The monoisotopic (exact) mass is 192 g/mol. The van der Waals surface area contributed by atoms with Crippen molar-refractivity contribution in [3.63, 3.8) is 0 Å². The van der Waals surface area contributed by atoms with Crippen LogP contribution in [0.3, 0.4) is 0 Å². The number of carbonyl (C=O) groups is 1. The van der Waals surface area contributed by atoms with Gasteiger partial charge >= 0.3 is 5.97 Å². The average Bonchev–Trinajstić information content (AvgIpc) is 2.25. The summed E-state index contributed by atoms with van der Waals surface area (Å²) in [7, 11) is 0. The van der Waals surface area contributed by atoms with Crippen LogP contribution in [0.15, 0.2) is 43.0 Å². The normalized spacial score (nSPS) is 9.43. The third-order valence-electron chi connectivity index (χ3n) is 1.53. The van der Waals surface area contributed by atoms with Crippen molar-refractivity contribution < 1.29 is 9.63 Å². The number of benzene rings is 1. The third kappa shape index (κ3) is 3.84. The maximum atomic E-state index is 10.6. The molecule has 0 aliphatic carbocycles. The maximum absolute atomic E-state index is 10.6. The summed E-state index contributed by atoms with van der Waals surface area (Å²) in [5.74, 6) is -0.523. The van der Waals surface area contributed by atoms with E-state index in [0.717, 1.165) is 11.6 Å². The average molecular weight is 192 g/mol. The Hall–Kier alpha value is -1.65. The fourth-order valence-corrected chi connectivity index (χ4v) is 0.862. The van der Waals surface area contributed by atoms with Gasteiger partial charge in [-0.1, -0.05) is 42.5 Å². The number of hydrogen-bond donors (Lipinski definition) is 2. The lowest BCUT2D eigenvalue weighted by Gasteiger charge is -2.05. The molecule has 74 valence electrons. The van der Waals surface area contributed by atoms with Crippen LogP contribution in [-0.4, -0.2) is 5.97 Å². The van der Waals surface area contributed by atoms with Gasteiger partial charge in [-0.15, -0.1) is 0 Å². The number of rotatable bonds is 5. The summed E-state index contributed by atoms with van der Waals surface area (Å²) in [5, 5.41) is 0. The van der Waals surface area contributed by atoms with E-state index in [1.54, 1.807) is 0 Å². The minimum absolute atomic E-state index is 0.523. The summed E-state index contributed by atoms with van der Waals surface area (Å²) < 4.78 is 0. The van der Waals surface area contributed by atoms with Crippen molar-refractivity contribution in [2.24, 2.45) is 0 Å². The zero-order valence-electron chi connectivity index (χ0n) is 7.69. The van der Waals surface area contributed by atoms with E-state index in [2.05, 4.69) is 22.4 Å². The SMILES string of the molecule is C=CC(=O)ONNCc1ccccc1. The van der Waals surface area contributed by atoms with Crippen LogP contribution in [-0.2, 0) is 16.2 Å². The van der Waals surface area contributed by atoms with Crippen molar-refractivity contribution in [3.8, 4) is 0 Å². The van der Waals surface area contributed by atoms with Crippen LogP contribution in [0.5, 0.6) is 0 Å². The first-order valence-electron chi connectivity index (χ1n) is 4.18. The van der Waals surface area contributed by atoms with Crippen LogP contribution < -0.4 is 11.0 Å². The summed E-state index contributed by atoms with van der Waals surface area (Å²) in [5.41, 5.74) is 6.13. The molecule has 0 atom stereocenters. The van der Waals surface area contributed by atoms with E-state index in [0.29, 0.717) is 6.54 Å². The van der Waals surface area contributed by atoms with Gasteiger partial charge in [-0.25, -0.2) is 10.2 Å². The fraction of sp³-hybridized carbons (Fsp3) is 0.100. The quantitative estimate of drug-likeness (QED) is 0.414. The Bertz CT molecular complexity index is 298. The lowest BCUT2D eigenvalue weighted by Crippen LogP contribution is -2.32. The predicted octanol–water partition coefficient (Wildman–Crippen LogP) is 0.925. The van der Waals surface area contributed by atoms with Crippen molar-refractivity contribution in [1.82, 2.24) is 11.0 Å². The highest BCUT2D eigenvalue weighted by Gasteiger charge is 1.93. The molecule has 0 radical (unpaired) electrons. The minimum atomic E-state index is -0.523. The Morgan fingerprint density at radius 2 is 2.14 bits per heavy atom. The van der Waals surface area contributed by atoms with Gasteiger partial charge in [-0.3, -0.25) is 0 Å². The van der Waals surface area contributed by atoms with Crippen LogP contribution >= 0.6 is 0 Å². The standard InChI is InChI=1S/C10H12N2O2/c1-2-10(13)14-12-11-8-9-6-4-3-5-7-9/h2-7,11-12H,1,8H2. The Kier molecular flexibility index (Phi) is 4.40. The Morgan fingerprint density at radius 3 is 2.79 bits per heavy atom. The van der Waals surface area contributed by atoms with Crippen LogP contribution in [0, 0.1) is 0 Å². The van der Waals surface area contributed by atoms with E-state index in [1.807, 2.05) is 30.3 Å². The molecule has 4 heteroatoms. The highest BCUT2D eigenvalue weighted by atomic mass is 16.7. The predicted molar refractivity (Wildman–Crippen MR) is 52.7 cm³/mol. The van der Waals surface area contributed by atoms with E-state index in [-0.39, 0.29) is 0 Å². The van der Waals surface area contributed by atoms with Crippen LogP contribution in [0.4, 0.5) is 0 Å². The zero-order valence-corrected chi connectivity index (χ0v) is 7.69. The van der Waals surface area contributed by atoms with Crippen LogP contribution in [0.1, 0.15) is 5.56 Å². The molecule has 0 amide bonds. The molecule has 0 saturated carbocycles. The van der Waals surface area contributed by atoms with Crippen molar-refractivity contribution >= 4 is 5.97 Å². The number of hydrogen-bond acceptors (Lipinski definition) is 4. The van der Waals surface area contributed by atoms with Gasteiger partial charge in [0.05, 0.1) is 0 Å². The first-order chi connectivity index (χ1) is 6.83. The first kappa shape index (κ1) is 10.4. The van der Waals surface area contributed by atoms with E-state index >= 15 is 0 Å². The summed E-state index contributed by atoms with van der Waals surface area (Å²) in [6, 6.07) is 9.74. The molecule has 0 aliphatic rings. The summed E-state index contributed by atoms with van der Waals surface area (Å²) >= 11 is 0. The van der Waals surface area contributed by atoms with E-state index in [1.165, 1.54) is 0 Å². The topological polar surface area (TPSA) is 50.4 Å². The van der Waals surface area contributed by atoms with E-state index in [9.17, 15) is 4.79 Å². The first-order valence-corrected chi connectivity index (χ1v) is 4.18. The van der Waals surface area contributed by atoms with Gasteiger partial charge in [0, 0.05) is 12.6 Å². The van der Waals surface area contributed by atoms with E-state index < -0.39 is 5.97 Å². The lowest BCUT2D eigenvalue weighted by molar-refractivity contribution is -0.147. The molecular formula is C10H12N2O2. The molecule has 1 rings (SSSR count). The molecule has 0 spiro atoms. The molecule has 0 unspecified atom stereocenters. The second-order valence-corrected chi connectivity index (χ2v) is 2.57. The minimum Gasteiger partial charge on any atom is -0.352 e. The summed E-state index contributed by atoms with van der Waals surface area (Å²) in [4.78, 5) is 15.1. The number of nitrogens with one attached hydrogen (secondary N) is 2. The molecule has 1 aromatic carbocycles. The lowest BCUT2D eigenvalue weighted by atomic mass is 10.2. The van der Waals surface area contributed by atoms with E-state index in [4.69, 9.17) is 0 Å². The molecule has 2 N–H and O–H groups in total. The summed E-state index contributed by atoms with van der Waals surface area (Å²) in [6.45, 7) is 3.83. The molecule has 14 heavy (non-hydrogen) atoms. The molecule has 4 nitrogen and oxygen atoms in total. The largest absolute Gasteiger partial charge is 0.352 e. The van der Waals surface area contributed by atoms with Crippen LogP contribution in [0.2, 0.25) is 0 Å². The van der Waals surface area contributed by atoms with Gasteiger partial charge in [0.15, 0.2) is 0 Å². The van der Waals surface area contributed by atoms with Gasteiger partial charge in [-0.2, -0.15) is 0 Å². The van der Waals surface area contributed by atoms with Gasteiger partial charge < -0.3 is 4.84 Å². The molecule has 0 fully saturated rings. The molecule has 0 heterocycles. The van der Waals surface area contributed by atoms with Crippen molar-refractivity contribution in [3.05, 3.63) is 48.6 Å². The maximum Gasteiger partial charge on any atom is 0.350 e. The molecule has 0 bridgehead atoms. The Labute approximate surface area is 82.5 Å². The van der Waals surface area contributed by atoms with Gasteiger partial charge in [-0.05, 0) is 5.56 Å². The molecule has 1 aromatic rings. The molecular weight excluding hydrogens is 180 g/mol. The highest BCUT2D eigenvalue weighted by Crippen LogP contribution is 1.95. The molecule has 0 aromatic heterocycles. The number of carbonyl (C=O) groups excluding carboxylic acids is 1. The van der Waals surface area contributed by atoms with Crippen LogP contribution in [0.25, 0.3) is 0 Å². The second-order valence-electron chi connectivity index (χ2n) is 2.57. The van der Waals surface area contributed by atoms with Gasteiger partial charge in [0.2, 0.25) is 0 Å².